The largest absolute Gasteiger partial charge is 0.491 e. The van der Waals surface area contributed by atoms with Crippen molar-refractivity contribution in [2.45, 2.75) is 12.6 Å². The van der Waals surface area contributed by atoms with Crippen LogP contribution in [0.15, 0.2) is 60.8 Å². The van der Waals surface area contributed by atoms with Crippen molar-refractivity contribution in [1.29, 1.82) is 0 Å². The van der Waals surface area contributed by atoms with Crippen LogP contribution in [0.25, 0.3) is 10.9 Å². The lowest BCUT2D eigenvalue weighted by molar-refractivity contribution is -0.137. The Morgan fingerprint density at radius 2 is 1.83 bits per heavy atom. The predicted molar refractivity (Wildman–Crippen MR) is 102 cm³/mol. The summed E-state index contributed by atoms with van der Waals surface area (Å²) in [4.78, 5) is 16.1. The fraction of sp³-hybridized carbons (Fsp3) is 0.238. The summed E-state index contributed by atoms with van der Waals surface area (Å²) in [5, 5.41) is 3.62. The number of ether oxygens (including phenoxy) is 2. The van der Waals surface area contributed by atoms with Crippen LogP contribution in [0.4, 0.5) is 13.2 Å². The number of amides is 1. The van der Waals surface area contributed by atoms with Crippen LogP contribution in [0.1, 0.15) is 12.0 Å². The van der Waals surface area contributed by atoms with Gasteiger partial charge in [0.05, 0.1) is 12.2 Å². The minimum atomic E-state index is -4.46. The molecule has 0 radical (unpaired) electrons. The molecule has 5 nitrogen and oxygen atoms in total. The molecule has 0 saturated carbocycles. The Labute approximate surface area is 165 Å². The van der Waals surface area contributed by atoms with E-state index >= 15 is 0 Å². The van der Waals surface area contributed by atoms with Crippen molar-refractivity contribution in [2.24, 2.45) is 0 Å². The maximum absolute atomic E-state index is 12.7. The highest BCUT2D eigenvalue weighted by Gasteiger charge is 2.30. The molecule has 0 aliphatic heterocycles. The quantitative estimate of drug-likeness (QED) is 0.571. The van der Waals surface area contributed by atoms with Gasteiger partial charge in [-0.2, -0.15) is 13.2 Å². The van der Waals surface area contributed by atoms with E-state index < -0.39 is 17.6 Å². The SMILES string of the molecule is O=C(COc1cccc(C(F)(F)F)c1)NCCCOc1cccc2cccnc12. The van der Waals surface area contributed by atoms with E-state index in [4.69, 9.17) is 9.47 Å². The van der Waals surface area contributed by atoms with Crippen LogP contribution < -0.4 is 14.8 Å². The molecule has 0 saturated heterocycles. The van der Waals surface area contributed by atoms with E-state index in [1.54, 1.807) is 6.20 Å². The number of nitrogens with zero attached hydrogens (tertiary/aromatic N) is 1. The molecule has 0 aliphatic rings. The van der Waals surface area contributed by atoms with Crippen molar-refractivity contribution in [3.8, 4) is 11.5 Å². The molecule has 3 aromatic rings. The normalized spacial score (nSPS) is 11.3. The first-order valence-corrected chi connectivity index (χ1v) is 8.97. The molecule has 0 bridgehead atoms. The zero-order valence-corrected chi connectivity index (χ0v) is 15.4. The topological polar surface area (TPSA) is 60.5 Å². The van der Waals surface area contributed by atoms with Gasteiger partial charge >= 0.3 is 6.18 Å². The lowest BCUT2D eigenvalue weighted by Crippen LogP contribution is -2.30. The van der Waals surface area contributed by atoms with Crippen LogP contribution in [-0.2, 0) is 11.0 Å². The highest BCUT2D eigenvalue weighted by molar-refractivity contribution is 5.84. The van der Waals surface area contributed by atoms with Gasteiger partial charge in [0, 0.05) is 18.1 Å². The number of para-hydroxylation sites is 1. The molecular weight excluding hydrogens is 385 g/mol. The highest BCUT2D eigenvalue weighted by Crippen LogP contribution is 2.31. The molecule has 1 heterocycles. The molecule has 1 amide bonds. The van der Waals surface area contributed by atoms with Crippen LogP contribution in [0, 0.1) is 0 Å². The summed E-state index contributed by atoms with van der Waals surface area (Å²) in [7, 11) is 0. The van der Waals surface area contributed by atoms with Crippen molar-refractivity contribution < 1.29 is 27.4 Å². The van der Waals surface area contributed by atoms with Crippen molar-refractivity contribution in [3.05, 3.63) is 66.4 Å². The number of carbonyl (C=O) groups excluding carboxylic acids is 1. The minimum Gasteiger partial charge on any atom is -0.491 e. The second-order valence-corrected chi connectivity index (χ2v) is 6.20. The third-order valence-corrected chi connectivity index (χ3v) is 4.03. The van der Waals surface area contributed by atoms with Crippen molar-refractivity contribution >= 4 is 16.8 Å². The Hall–Kier alpha value is -3.29. The molecule has 0 fully saturated rings. The first-order chi connectivity index (χ1) is 13.9. The maximum Gasteiger partial charge on any atom is 0.416 e. The van der Waals surface area contributed by atoms with Gasteiger partial charge in [-0.15, -0.1) is 0 Å². The highest BCUT2D eigenvalue weighted by atomic mass is 19.4. The van der Waals surface area contributed by atoms with E-state index in [0.717, 1.165) is 23.0 Å². The first-order valence-electron chi connectivity index (χ1n) is 8.97. The number of rotatable bonds is 8. The van der Waals surface area contributed by atoms with Gasteiger partial charge in [-0.1, -0.05) is 24.3 Å². The number of halogens is 3. The average Bonchev–Trinajstić information content (AvgIpc) is 2.72. The maximum atomic E-state index is 12.7. The molecule has 29 heavy (non-hydrogen) atoms. The number of pyridine rings is 1. The molecule has 0 aliphatic carbocycles. The summed E-state index contributed by atoms with van der Waals surface area (Å²) < 4.78 is 48.8. The van der Waals surface area contributed by atoms with E-state index in [-0.39, 0.29) is 12.4 Å². The molecule has 2 aromatic carbocycles. The third-order valence-electron chi connectivity index (χ3n) is 4.03. The summed E-state index contributed by atoms with van der Waals surface area (Å²) in [5.41, 5.74) is -0.0518. The number of aromatic nitrogens is 1. The smallest absolute Gasteiger partial charge is 0.416 e. The van der Waals surface area contributed by atoms with Gasteiger partial charge in [-0.3, -0.25) is 9.78 Å². The zero-order chi connectivity index (χ0) is 20.7. The fourth-order valence-corrected chi connectivity index (χ4v) is 2.64. The third kappa shape index (κ3) is 5.84. The summed E-state index contributed by atoms with van der Waals surface area (Å²) in [5.74, 6) is 0.235. The molecular formula is C21H19F3N2O3. The minimum absolute atomic E-state index is 0.0123. The number of fused-ring (bicyclic) bond motifs is 1. The Morgan fingerprint density at radius 1 is 1.03 bits per heavy atom. The summed E-state index contributed by atoms with van der Waals surface area (Å²) in [6.07, 6.45) is -2.21. The van der Waals surface area contributed by atoms with Crippen molar-refractivity contribution in [2.75, 3.05) is 19.8 Å². The standard InChI is InChI=1S/C21H19F3N2O3/c22-21(23,24)16-7-2-8-17(13-16)29-14-19(27)25-11-4-12-28-18-9-1-5-15-6-3-10-26-20(15)18/h1-3,5-10,13H,4,11-12,14H2,(H,25,27). The van der Waals surface area contributed by atoms with Gasteiger partial charge in [0.1, 0.15) is 17.0 Å². The number of alkyl halides is 3. The van der Waals surface area contributed by atoms with Gasteiger partial charge in [0.2, 0.25) is 0 Å². The van der Waals surface area contributed by atoms with Crippen LogP contribution in [0.2, 0.25) is 0 Å². The molecule has 1 aromatic heterocycles. The predicted octanol–water partition coefficient (Wildman–Crippen LogP) is 4.22. The van der Waals surface area contributed by atoms with E-state index in [0.29, 0.717) is 25.3 Å². The Kier molecular flexibility index (Phi) is 6.54. The Morgan fingerprint density at radius 3 is 2.66 bits per heavy atom. The molecule has 0 unspecified atom stereocenters. The van der Waals surface area contributed by atoms with Gasteiger partial charge in [-0.25, -0.2) is 0 Å². The molecule has 0 spiro atoms. The van der Waals surface area contributed by atoms with Crippen LogP contribution in [0.3, 0.4) is 0 Å². The number of nitrogens with one attached hydrogen (secondary N) is 1. The number of benzene rings is 2. The molecule has 8 heteroatoms. The molecule has 1 N–H and O–H groups in total. The average molecular weight is 404 g/mol. The second kappa shape index (κ2) is 9.27. The van der Waals surface area contributed by atoms with Gasteiger partial charge in [0.25, 0.3) is 5.91 Å². The monoisotopic (exact) mass is 404 g/mol. The number of hydrogen-bond acceptors (Lipinski definition) is 4. The molecule has 3 rings (SSSR count). The van der Waals surface area contributed by atoms with Crippen LogP contribution in [-0.4, -0.2) is 30.6 Å². The summed E-state index contributed by atoms with van der Waals surface area (Å²) in [6.45, 7) is 0.364. The first kappa shape index (κ1) is 20.4. The summed E-state index contributed by atoms with van der Waals surface area (Å²) >= 11 is 0. The fourth-order valence-electron chi connectivity index (χ4n) is 2.64. The van der Waals surface area contributed by atoms with E-state index in [2.05, 4.69) is 10.3 Å². The van der Waals surface area contributed by atoms with Crippen molar-refractivity contribution in [3.63, 3.8) is 0 Å². The van der Waals surface area contributed by atoms with Crippen LogP contribution in [0.5, 0.6) is 11.5 Å². The van der Waals surface area contributed by atoms with E-state index in [1.165, 1.54) is 12.1 Å². The lowest BCUT2D eigenvalue weighted by atomic mass is 10.2. The van der Waals surface area contributed by atoms with Crippen LogP contribution >= 0.6 is 0 Å². The number of carbonyl (C=O) groups is 1. The summed E-state index contributed by atoms with van der Waals surface area (Å²) in [6, 6.07) is 13.9. The van der Waals surface area contributed by atoms with Gasteiger partial charge < -0.3 is 14.8 Å². The Bertz CT molecular complexity index is 971. The second-order valence-electron chi connectivity index (χ2n) is 6.20. The van der Waals surface area contributed by atoms with Gasteiger partial charge in [0.15, 0.2) is 6.61 Å². The number of hydrogen-bond donors (Lipinski definition) is 1. The van der Waals surface area contributed by atoms with Gasteiger partial charge in [-0.05, 0) is 36.8 Å². The van der Waals surface area contributed by atoms with E-state index in [9.17, 15) is 18.0 Å². The van der Waals surface area contributed by atoms with Crippen molar-refractivity contribution in [1.82, 2.24) is 10.3 Å². The Balaban J connectivity index is 1.38. The molecule has 152 valence electrons. The van der Waals surface area contributed by atoms with E-state index in [1.807, 2.05) is 30.3 Å². The molecule has 0 atom stereocenters. The zero-order valence-electron chi connectivity index (χ0n) is 15.4. The lowest BCUT2D eigenvalue weighted by Gasteiger charge is -2.11.